The molecule has 4 rings (SSSR count). The molecule has 1 aliphatic rings. The Balaban J connectivity index is 1.45. The van der Waals surface area contributed by atoms with Gasteiger partial charge >= 0.3 is 5.97 Å². The largest absolute Gasteiger partial charge is 0.425 e. The number of carbonyl (C=O) groups excluding carboxylic acids is 2. The Kier molecular flexibility index (Phi) is 7.50. The van der Waals surface area contributed by atoms with Crippen LogP contribution in [0.5, 0.6) is 5.75 Å². The van der Waals surface area contributed by atoms with Crippen molar-refractivity contribution in [3.63, 3.8) is 0 Å². The third-order valence-electron chi connectivity index (χ3n) is 5.87. The van der Waals surface area contributed by atoms with E-state index in [0.717, 1.165) is 41.5 Å². The number of esters is 1. The molecule has 1 aliphatic carbocycles. The molecule has 33 heavy (non-hydrogen) atoms. The van der Waals surface area contributed by atoms with Crippen molar-refractivity contribution in [2.24, 2.45) is 0 Å². The van der Waals surface area contributed by atoms with E-state index in [0.29, 0.717) is 5.75 Å². The highest BCUT2D eigenvalue weighted by molar-refractivity contribution is 5.76. The molecule has 0 bridgehead atoms. The minimum atomic E-state index is -0.690. The van der Waals surface area contributed by atoms with Crippen LogP contribution in [0.4, 0.5) is 0 Å². The second-order valence-corrected chi connectivity index (χ2v) is 8.09. The SMILES string of the molecule is O=C(CC1CCCc2c(OC(=O)CO)cccc21)NOC(c1ccccc1)c1ccccc1. The summed E-state index contributed by atoms with van der Waals surface area (Å²) in [6, 6.07) is 25.0. The average molecular weight is 446 g/mol. The number of fused-ring (bicyclic) bond motifs is 1. The van der Waals surface area contributed by atoms with Crippen molar-refractivity contribution in [3.05, 3.63) is 101 Å². The number of aliphatic hydroxyl groups is 1. The maximum Gasteiger partial charge on any atom is 0.337 e. The van der Waals surface area contributed by atoms with Gasteiger partial charge in [-0.25, -0.2) is 10.3 Å². The highest BCUT2D eigenvalue weighted by Gasteiger charge is 2.26. The molecule has 0 saturated carbocycles. The van der Waals surface area contributed by atoms with Crippen molar-refractivity contribution in [3.8, 4) is 5.75 Å². The third kappa shape index (κ3) is 5.66. The quantitative estimate of drug-likeness (QED) is 0.308. The van der Waals surface area contributed by atoms with Gasteiger partial charge in [-0.2, -0.15) is 0 Å². The lowest BCUT2D eigenvalue weighted by Crippen LogP contribution is -2.28. The molecule has 1 unspecified atom stereocenters. The molecule has 1 amide bonds. The van der Waals surface area contributed by atoms with E-state index in [-0.39, 0.29) is 18.2 Å². The molecule has 0 heterocycles. The van der Waals surface area contributed by atoms with Crippen molar-refractivity contribution in [2.75, 3.05) is 6.61 Å². The first-order valence-corrected chi connectivity index (χ1v) is 11.1. The lowest BCUT2D eigenvalue weighted by Gasteiger charge is -2.27. The van der Waals surface area contributed by atoms with Gasteiger partial charge in [-0.05, 0) is 53.5 Å². The van der Waals surface area contributed by atoms with Gasteiger partial charge < -0.3 is 9.84 Å². The summed E-state index contributed by atoms with van der Waals surface area (Å²) in [6.45, 7) is -0.670. The smallest absolute Gasteiger partial charge is 0.337 e. The van der Waals surface area contributed by atoms with Gasteiger partial charge in [-0.1, -0.05) is 72.8 Å². The number of nitrogens with one attached hydrogen (secondary N) is 1. The number of ether oxygens (including phenoxy) is 1. The Hall–Kier alpha value is -3.48. The molecular weight excluding hydrogens is 418 g/mol. The topological polar surface area (TPSA) is 84.9 Å². The number of hydroxylamine groups is 1. The molecule has 3 aromatic rings. The third-order valence-corrected chi connectivity index (χ3v) is 5.87. The minimum absolute atomic E-state index is 0.00275. The van der Waals surface area contributed by atoms with Crippen LogP contribution in [-0.2, 0) is 20.8 Å². The fraction of sp³-hybridized carbons (Fsp3) is 0.259. The molecule has 6 nitrogen and oxygen atoms in total. The van der Waals surface area contributed by atoms with Gasteiger partial charge in [0.25, 0.3) is 0 Å². The monoisotopic (exact) mass is 445 g/mol. The van der Waals surface area contributed by atoms with Crippen LogP contribution in [0, 0.1) is 0 Å². The van der Waals surface area contributed by atoms with Crippen molar-refractivity contribution in [2.45, 2.75) is 37.7 Å². The highest BCUT2D eigenvalue weighted by atomic mass is 16.7. The number of hydrogen-bond acceptors (Lipinski definition) is 5. The lowest BCUT2D eigenvalue weighted by molar-refractivity contribution is -0.138. The molecule has 3 aromatic carbocycles. The number of hydrogen-bond donors (Lipinski definition) is 2. The van der Waals surface area contributed by atoms with Crippen LogP contribution in [-0.4, -0.2) is 23.6 Å². The first-order chi connectivity index (χ1) is 16.2. The van der Waals surface area contributed by atoms with Crippen LogP contribution in [0.1, 0.15) is 53.5 Å². The fourth-order valence-electron chi connectivity index (χ4n) is 4.35. The van der Waals surface area contributed by atoms with E-state index in [9.17, 15) is 9.59 Å². The minimum Gasteiger partial charge on any atom is -0.425 e. The van der Waals surface area contributed by atoms with Crippen molar-refractivity contribution < 1.29 is 24.3 Å². The van der Waals surface area contributed by atoms with E-state index < -0.39 is 18.7 Å². The second-order valence-electron chi connectivity index (χ2n) is 8.09. The highest BCUT2D eigenvalue weighted by Crippen LogP contribution is 2.38. The molecule has 0 spiro atoms. The molecule has 170 valence electrons. The Morgan fingerprint density at radius 2 is 1.61 bits per heavy atom. The van der Waals surface area contributed by atoms with Gasteiger partial charge in [0.1, 0.15) is 18.5 Å². The first-order valence-electron chi connectivity index (χ1n) is 11.1. The van der Waals surface area contributed by atoms with Crippen LogP contribution < -0.4 is 10.2 Å². The van der Waals surface area contributed by atoms with Gasteiger partial charge in [-0.3, -0.25) is 9.63 Å². The zero-order valence-electron chi connectivity index (χ0n) is 18.3. The molecular formula is C27H27NO5. The van der Waals surface area contributed by atoms with E-state index in [1.165, 1.54) is 0 Å². The zero-order chi connectivity index (χ0) is 23.0. The maximum absolute atomic E-state index is 12.8. The lowest BCUT2D eigenvalue weighted by atomic mass is 9.80. The Labute approximate surface area is 193 Å². The predicted octanol–water partition coefficient (Wildman–Crippen LogP) is 4.23. The van der Waals surface area contributed by atoms with Crippen LogP contribution in [0.2, 0.25) is 0 Å². The van der Waals surface area contributed by atoms with Crippen molar-refractivity contribution in [1.82, 2.24) is 5.48 Å². The average Bonchev–Trinajstić information content (AvgIpc) is 2.86. The Morgan fingerprint density at radius 3 is 2.24 bits per heavy atom. The molecule has 2 N–H and O–H groups in total. The summed E-state index contributed by atoms with van der Waals surface area (Å²) >= 11 is 0. The summed E-state index contributed by atoms with van der Waals surface area (Å²) < 4.78 is 5.28. The van der Waals surface area contributed by atoms with Crippen LogP contribution >= 0.6 is 0 Å². The Bertz CT molecular complexity index is 1040. The normalized spacial score (nSPS) is 15.0. The van der Waals surface area contributed by atoms with E-state index in [4.69, 9.17) is 14.7 Å². The first kappa shape index (κ1) is 22.7. The molecule has 0 saturated heterocycles. The summed E-state index contributed by atoms with van der Waals surface area (Å²) in [5.74, 6) is -0.440. The Morgan fingerprint density at radius 1 is 0.939 bits per heavy atom. The van der Waals surface area contributed by atoms with Gasteiger partial charge in [-0.15, -0.1) is 0 Å². The number of amides is 1. The van der Waals surface area contributed by atoms with Gasteiger partial charge in [0.2, 0.25) is 5.91 Å². The molecule has 0 aromatic heterocycles. The van der Waals surface area contributed by atoms with Crippen LogP contribution in [0.25, 0.3) is 0 Å². The predicted molar refractivity (Wildman–Crippen MR) is 123 cm³/mol. The second kappa shape index (κ2) is 10.9. The van der Waals surface area contributed by atoms with Gasteiger partial charge in [0.05, 0.1) is 0 Å². The molecule has 0 aliphatic heterocycles. The maximum atomic E-state index is 12.8. The number of carbonyl (C=O) groups is 2. The molecule has 1 atom stereocenters. The number of aliphatic hydroxyl groups excluding tert-OH is 1. The summed E-state index contributed by atoms with van der Waals surface area (Å²) in [7, 11) is 0. The van der Waals surface area contributed by atoms with E-state index >= 15 is 0 Å². The summed E-state index contributed by atoms with van der Waals surface area (Å²) in [5.41, 5.74) is 6.48. The van der Waals surface area contributed by atoms with E-state index in [1.54, 1.807) is 6.07 Å². The van der Waals surface area contributed by atoms with Crippen molar-refractivity contribution >= 4 is 11.9 Å². The van der Waals surface area contributed by atoms with E-state index in [2.05, 4.69) is 5.48 Å². The molecule has 0 fully saturated rings. The number of rotatable bonds is 8. The van der Waals surface area contributed by atoms with Gasteiger partial charge in [0.15, 0.2) is 0 Å². The van der Waals surface area contributed by atoms with Crippen LogP contribution in [0.3, 0.4) is 0 Å². The summed E-state index contributed by atoms with van der Waals surface area (Å²) in [5, 5.41) is 9.00. The fourth-order valence-corrected chi connectivity index (χ4v) is 4.35. The van der Waals surface area contributed by atoms with Gasteiger partial charge in [0, 0.05) is 6.42 Å². The van der Waals surface area contributed by atoms with Crippen molar-refractivity contribution in [1.29, 1.82) is 0 Å². The summed E-state index contributed by atoms with van der Waals surface area (Å²) in [4.78, 5) is 30.3. The summed E-state index contributed by atoms with van der Waals surface area (Å²) in [6.07, 6.45) is 2.36. The standard InChI is InChI=1S/C27H27NO5/c29-18-26(31)32-24-16-8-14-22-21(13-7-15-23(22)24)17-25(30)28-33-27(19-9-3-1-4-10-19)20-11-5-2-6-12-20/h1-6,8-12,14,16,21,27,29H,7,13,15,17-18H2,(H,28,30). The molecule has 0 radical (unpaired) electrons. The zero-order valence-corrected chi connectivity index (χ0v) is 18.3. The number of benzene rings is 3. The van der Waals surface area contributed by atoms with Crippen LogP contribution in [0.15, 0.2) is 78.9 Å². The molecule has 6 heteroatoms. The van der Waals surface area contributed by atoms with E-state index in [1.807, 2.05) is 72.8 Å².